The topological polar surface area (TPSA) is 55.1 Å². The van der Waals surface area contributed by atoms with Gasteiger partial charge >= 0.3 is 0 Å². The molecule has 4 heteroatoms. The maximum absolute atomic E-state index is 12.9. The molecule has 2 rings (SSSR count). The molecule has 0 aromatic rings. The molecule has 2 saturated carbocycles. The highest BCUT2D eigenvalue weighted by Gasteiger charge is 2.42. The van der Waals surface area contributed by atoms with Gasteiger partial charge in [0.2, 0.25) is 5.91 Å². The summed E-state index contributed by atoms with van der Waals surface area (Å²) in [4.78, 5) is 13.3. The number of carbonyl (C=O) groups excluding carboxylic acids is 1. The Labute approximate surface area is 134 Å². The van der Waals surface area contributed by atoms with E-state index in [4.69, 9.17) is 18.0 Å². The highest BCUT2D eigenvalue weighted by molar-refractivity contribution is 7.80. The van der Waals surface area contributed by atoms with E-state index in [0.29, 0.717) is 10.4 Å². The van der Waals surface area contributed by atoms with E-state index in [0.717, 1.165) is 38.5 Å². The van der Waals surface area contributed by atoms with E-state index in [1.165, 1.54) is 25.7 Å². The summed E-state index contributed by atoms with van der Waals surface area (Å²) in [5.41, 5.74) is 5.74. The molecular formula is C17H30N2OS. The minimum absolute atomic E-state index is 0.0969. The zero-order valence-corrected chi connectivity index (χ0v) is 14.4. The van der Waals surface area contributed by atoms with Crippen molar-refractivity contribution in [1.82, 2.24) is 5.32 Å². The van der Waals surface area contributed by atoms with Gasteiger partial charge in [0.05, 0.1) is 10.4 Å². The smallest absolute Gasteiger partial charge is 0.233 e. The van der Waals surface area contributed by atoms with Crippen LogP contribution in [0.4, 0.5) is 0 Å². The molecule has 0 bridgehead atoms. The molecule has 0 radical (unpaired) electrons. The van der Waals surface area contributed by atoms with Crippen LogP contribution in [0.1, 0.15) is 78.1 Å². The number of rotatable bonds is 3. The van der Waals surface area contributed by atoms with Gasteiger partial charge in [-0.25, -0.2) is 0 Å². The van der Waals surface area contributed by atoms with E-state index in [1.54, 1.807) is 0 Å². The second kappa shape index (κ2) is 6.64. The number of thiocarbonyl (C=S) groups is 1. The quantitative estimate of drug-likeness (QED) is 0.617. The van der Waals surface area contributed by atoms with Gasteiger partial charge in [-0.3, -0.25) is 4.79 Å². The largest absolute Gasteiger partial charge is 0.392 e. The van der Waals surface area contributed by atoms with Gasteiger partial charge in [-0.05, 0) is 37.5 Å². The number of nitrogens with two attached hydrogens (primary N) is 1. The number of hydrogen-bond acceptors (Lipinski definition) is 2. The average molecular weight is 311 g/mol. The van der Waals surface area contributed by atoms with Crippen molar-refractivity contribution in [3.05, 3.63) is 0 Å². The third kappa shape index (κ3) is 3.97. The molecule has 0 saturated heterocycles. The zero-order valence-electron chi connectivity index (χ0n) is 13.5. The third-order valence-electron chi connectivity index (χ3n) is 5.40. The minimum atomic E-state index is -0.590. The lowest BCUT2D eigenvalue weighted by molar-refractivity contribution is -0.129. The molecule has 1 atom stereocenters. The number of amides is 1. The summed E-state index contributed by atoms with van der Waals surface area (Å²) in [6.07, 6.45) is 10.7. The Morgan fingerprint density at radius 3 is 2.24 bits per heavy atom. The van der Waals surface area contributed by atoms with Gasteiger partial charge in [-0.15, -0.1) is 0 Å². The lowest BCUT2D eigenvalue weighted by Crippen LogP contribution is -2.52. The summed E-state index contributed by atoms with van der Waals surface area (Å²) in [7, 11) is 0. The zero-order chi connectivity index (χ0) is 15.5. The Hall–Kier alpha value is -0.640. The van der Waals surface area contributed by atoms with Crippen LogP contribution in [0.3, 0.4) is 0 Å². The van der Waals surface area contributed by atoms with Crippen molar-refractivity contribution in [2.45, 2.75) is 84.1 Å². The first-order valence-electron chi connectivity index (χ1n) is 8.47. The third-order valence-corrected chi connectivity index (χ3v) is 5.79. The first kappa shape index (κ1) is 16.7. The molecule has 2 aliphatic rings. The van der Waals surface area contributed by atoms with Crippen LogP contribution in [0.5, 0.6) is 0 Å². The summed E-state index contributed by atoms with van der Waals surface area (Å²) in [5.74, 6) is 0.0969. The molecular weight excluding hydrogens is 280 g/mol. The number of carbonyl (C=O) groups is 1. The summed E-state index contributed by atoms with van der Waals surface area (Å²) < 4.78 is 0. The molecule has 0 aromatic carbocycles. The van der Waals surface area contributed by atoms with Gasteiger partial charge in [-0.2, -0.15) is 0 Å². The van der Waals surface area contributed by atoms with E-state index < -0.39 is 5.41 Å². The normalized spacial score (nSPS) is 28.4. The van der Waals surface area contributed by atoms with Crippen LogP contribution >= 0.6 is 12.2 Å². The Morgan fingerprint density at radius 2 is 1.71 bits per heavy atom. The molecule has 2 aliphatic carbocycles. The van der Waals surface area contributed by atoms with Gasteiger partial charge in [0.25, 0.3) is 0 Å². The molecule has 2 fully saturated rings. The summed E-state index contributed by atoms with van der Waals surface area (Å²) in [6.45, 7) is 4.58. The van der Waals surface area contributed by atoms with Gasteiger partial charge in [0.15, 0.2) is 0 Å². The van der Waals surface area contributed by atoms with Crippen LogP contribution in [0.25, 0.3) is 0 Å². The van der Waals surface area contributed by atoms with E-state index >= 15 is 0 Å². The second-order valence-electron chi connectivity index (χ2n) is 7.79. The second-order valence-corrected chi connectivity index (χ2v) is 8.23. The molecule has 0 heterocycles. The molecule has 3 N–H and O–H groups in total. The fourth-order valence-electron chi connectivity index (χ4n) is 4.06. The monoisotopic (exact) mass is 310 g/mol. The van der Waals surface area contributed by atoms with Gasteiger partial charge in [0.1, 0.15) is 0 Å². The van der Waals surface area contributed by atoms with E-state index in [-0.39, 0.29) is 11.9 Å². The van der Waals surface area contributed by atoms with Crippen LogP contribution < -0.4 is 11.1 Å². The van der Waals surface area contributed by atoms with Crippen molar-refractivity contribution < 1.29 is 4.79 Å². The van der Waals surface area contributed by atoms with Crippen molar-refractivity contribution in [2.75, 3.05) is 0 Å². The van der Waals surface area contributed by atoms with Gasteiger partial charge in [-0.1, -0.05) is 58.2 Å². The van der Waals surface area contributed by atoms with E-state index in [1.807, 2.05) is 0 Å². The maximum Gasteiger partial charge on any atom is 0.233 e. The van der Waals surface area contributed by atoms with Crippen LogP contribution in [0, 0.1) is 10.8 Å². The Morgan fingerprint density at radius 1 is 1.10 bits per heavy atom. The van der Waals surface area contributed by atoms with E-state index in [9.17, 15) is 4.79 Å². The highest BCUT2D eigenvalue weighted by Crippen LogP contribution is 2.38. The predicted molar refractivity (Wildman–Crippen MR) is 91.1 cm³/mol. The van der Waals surface area contributed by atoms with E-state index in [2.05, 4.69) is 19.2 Å². The van der Waals surface area contributed by atoms with Crippen LogP contribution in [-0.4, -0.2) is 16.9 Å². The molecule has 0 aliphatic heterocycles. The maximum atomic E-state index is 12.9. The highest BCUT2D eigenvalue weighted by atomic mass is 32.1. The van der Waals surface area contributed by atoms with Crippen molar-refractivity contribution in [2.24, 2.45) is 16.6 Å². The molecule has 0 aromatic heterocycles. The summed E-state index contributed by atoms with van der Waals surface area (Å²) in [5, 5.41) is 3.29. The van der Waals surface area contributed by atoms with Crippen LogP contribution in [0.2, 0.25) is 0 Å². The molecule has 21 heavy (non-hydrogen) atoms. The Kier molecular flexibility index (Phi) is 5.29. The summed E-state index contributed by atoms with van der Waals surface area (Å²) in [6, 6.07) is 0.288. The first-order valence-corrected chi connectivity index (χ1v) is 8.87. The number of hydrogen-bond donors (Lipinski definition) is 2. The predicted octanol–water partition coefficient (Wildman–Crippen LogP) is 3.70. The Bertz CT molecular complexity index is 398. The van der Waals surface area contributed by atoms with Crippen molar-refractivity contribution in [3.8, 4) is 0 Å². The van der Waals surface area contributed by atoms with Crippen molar-refractivity contribution >= 4 is 23.1 Å². The first-order chi connectivity index (χ1) is 9.86. The molecule has 120 valence electrons. The molecule has 1 unspecified atom stereocenters. The lowest BCUT2D eigenvalue weighted by Gasteiger charge is -2.38. The minimum Gasteiger partial charge on any atom is -0.392 e. The van der Waals surface area contributed by atoms with Crippen molar-refractivity contribution in [3.63, 3.8) is 0 Å². The van der Waals surface area contributed by atoms with Gasteiger partial charge < -0.3 is 11.1 Å². The van der Waals surface area contributed by atoms with Crippen LogP contribution in [-0.2, 0) is 4.79 Å². The summed E-state index contributed by atoms with van der Waals surface area (Å²) >= 11 is 5.29. The van der Waals surface area contributed by atoms with Crippen LogP contribution in [0.15, 0.2) is 0 Å². The molecule has 0 spiro atoms. The fourth-order valence-corrected chi connectivity index (χ4v) is 4.36. The standard InChI is InChI=1S/C17H30N2OS/c1-16(2)9-7-8-13(12-16)19-15(20)17(14(18)21)10-5-3-4-6-11-17/h13H,3-12H2,1-2H3,(H2,18,21)(H,19,20). The molecule has 1 amide bonds. The average Bonchev–Trinajstić information content (AvgIpc) is 2.63. The Balaban J connectivity index is 2.06. The number of nitrogens with one attached hydrogen (secondary N) is 1. The fraction of sp³-hybridized carbons (Fsp3) is 0.882. The van der Waals surface area contributed by atoms with Gasteiger partial charge in [0, 0.05) is 6.04 Å². The lowest BCUT2D eigenvalue weighted by atomic mass is 9.74. The SMILES string of the molecule is CC1(C)CCCC(NC(=O)C2(C(N)=S)CCCCCC2)C1. The molecule has 3 nitrogen and oxygen atoms in total. The van der Waals surface area contributed by atoms with Crippen molar-refractivity contribution in [1.29, 1.82) is 0 Å².